The van der Waals surface area contributed by atoms with Gasteiger partial charge in [0.05, 0.1) is 11.0 Å². The topological polar surface area (TPSA) is 79.0 Å². The third kappa shape index (κ3) is 1.53. The molecule has 4 N–H and O–H groups in total. The van der Waals surface area contributed by atoms with E-state index in [1.807, 2.05) is 6.07 Å². The molecule has 5 heteroatoms. The highest BCUT2D eigenvalue weighted by Gasteiger charge is 2.77. The highest BCUT2D eigenvalue weighted by molar-refractivity contribution is 5.64. The molecular formula is C21H28N2O3. The van der Waals surface area contributed by atoms with Crippen molar-refractivity contribution < 1.29 is 14.9 Å². The van der Waals surface area contributed by atoms with E-state index >= 15 is 0 Å². The highest BCUT2D eigenvalue weighted by atomic mass is 16.5. The lowest BCUT2D eigenvalue weighted by molar-refractivity contribution is -0.216. The van der Waals surface area contributed by atoms with Gasteiger partial charge in [-0.1, -0.05) is 6.07 Å². The lowest BCUT2D eigenvalue weighted by Gasteiger charge is -2.67. The van der Waals surface area contributed by atoms with Crippen molar-refractivity contribution in [2.45, 2.75) is 74.1 Å². The maximum Gasteiger partial charge on any atom is 0.166 e. The Kier molecular flexibility index (Phi) is 2.76. The molecule has 1 aromatic rings. The number of phenols is 1. The lowest BCUT2D eigenvalue weighted by atomic mass is 9.44. The Morgan fingerprint density at radius 1 is 1.27 bits per heavy atom. The number of hydrogen-bond donors (Lipinski definition) is 3. The normalized spacial score (nSPS) is 46.0. The first kappa shape index (κ1) is 15.7. The molecule has 5 atom stereocenters. The fourth-order valence-corrected chi connectivity index (χ4v) is 6.97. The molecule has 0 aromatic heterocycles. The van der Waals surface area contributed by atoms with Gasteiger partial charge < -0.3 is 20.7 Å². The third-order valence-corrected chi connectivity index (χ3v) is 8.46. The molecule has 0 radical (unpaired) electrons. The number of likely N-dealkylation sites (tertiary alicyclic amines) is 1. The molecule has 2 aliphatic heterocycles. The zero-order valence-corrected chi connectivity index (χ0v) is 15.4. The quantitative estimate of drug-likeness (QED) is 0.751. The number of nitrogens with two attached hydrogens (primary N) is 1. The molecule has 1 aromatic carbocycles. The second-order valence-electron chi connectivity index (χ2n) is 9.54. The van der Waals surface area contributed by atoms with Crippen molar-refractivity contribution in [1.29, 1.82) is 0 Å². The molecule has 0 amide bonds. The van der Waals surface area contributed by atoms with Gasteiger partial charge in [-0.2, -0.15) is 0 Å². The van der Waals surface area contributed by atoms with Gasteiger partial charge in [-0.05, 0) is 69.5 Å². The molecular weight excluding hydrogens is 328 g/mol. The Hall–Kier alpha value is -1.30. The zero-order chi connectivity index (χ0) is 17.9. The standard InChI is InChI=1S/C21H28N2O3/c1-19-15(22)6-7-21(25)16-10-13-4-5-14(24)18(26-19)17(13)20(19,21)8-9-23(16)11-12-2-3-12/h4-5,12,15-16,24-25H,2-3,6-11,22H2,1H3/t15-,16-,19-,20-,21+/m0/s1. The Bertz CT molecular complexity index is 809. The summed E-state index contributed by atoms with van der Waals surface area (Å²) in [6.07, 6.45) is 5.81. The van der Waals surface area contributed by atoms with Gasteiger partial charge in [-0.15, -0.1) is 0 Å². The van der Waals surface area contributed by atoms with E-state index in [1.165, 1.54) is 18.4 Å². The minimum absolute atomic E-state index is 0.121. The minimum Gasteiger partial charge on any atom is -0.504 e. The van der Waals surface area contributed by atoms with Gasteiger partial charge >= 0.3 is 0 Å². The summed E-state index contributed by atoms with van der Waals surface area (Å²) in [4.78, 5) is 2.55. The summed E-state index contributed by atoms with van der Waals surface area (Å²) >= 11 is 0. The summed E-state index contributed by atoms with van der Waals surface area (Å²) < 4.78 is 6.45. The van der Waals surface area contributed by atoms with Crippen molar-refractivity contribution in [3.63, 3.8) is 0 Å². The van der Waals surface area contributed by atoms with Gasteiger partial charge in [0.1, 0.15) is 5.60 Å². The molecule has 6 rings (SSSR count). The van der Waals surface area contributed by atoms with Crippen molar-refractivity contribution >= 4 is 0 Å². The van der Waals surface area contributed by atoms with Crippen LogP contribution < -0.4 is 10.5 Å². The van der Waals surface area contributed by atoms with Crippen LogP contribution in [0.5, 0.6) is 11.5 Å². The number of ether oxygens (including phenoxy) is 1. The van der Waals surface area contributed by atoms with Crippen molar-refractivity contribution in [3.8, 4) is 11.5 Å². The summed E-state index contributed by atoms with van der Waals surface area (Å²) in [5, 5.41) is 22.7. The van der Waals surface area contributed by atoms with Gasteiger partial charge in [-0.25, -0.2) is 0 Å². The Morgan fingerprint density at radius 3 is 2.85 bits per heavy atom. The number of hydrogen-bond acceptors (Lipinski definition) is 5. The molecule has 140 valence electrons. The van der Waals surface area contributed by atoms with E-state index in [1.54, 1.807) is 6.07 Å². The van der Waals surface area contributed by atoms with Crippen LogP contribution in [0.15, 0.2) is 12.1 Å². The molecule has 0 unspecified atom stereocenters. The van der Waals surface area contributed by atoms with E-state index in [4.69, 9.17) is 10.5 Å². The van der Waals surface area contributed by atoms with E-state index in [-0.39, 0.29) is 17.8 Å². The van der Waals surface area contributed by atoms with Gasteiger partial charge in [0, 0.05) is 24.2 Å². The van der Waals surface area contributed by atoms with Crippen LogP contribution in [0.3, 0.4) is 0 Å². The predicted octanol–water partition coefficient (Wildman–Crippen LogP) is 1.67. The van der Waals surface area contributed by atoms with Crippen LogP contribution in [0.4, 0.5) is 0 Å². The zero-order valence-electron chi connectivity index (χ0n) is 15.4. The van der Waals surface area contributed by atoms with Crippen LogP contribution in [0.25, 0.3) is 0 Å². The first-order valence-corrected chi connectivity index (χ1v) is 10.2. The van der Waals surface area contributed by atoms with Gasteiger partial charge in [-0.3, -0.25) is 4.90 Å². The van der Waals surface area contributed by atoms with Crippen LogP contribution in [0, 0.1) is 5.92 Å². The van der Waals surface area contributed by atoms with Crippen molar-refractivity contribution in [2.75, 3.05) is 13.1 Å². The van der Waals surface area contributed by atoms with E-state index in [2.05, 4.69) is 11.8 Å². The number of piperidine rings is 1. The number of aromatic hydroxyl groups is 1. The summed E-state index contributed by atoms with van der Waals surface area (Å²) in [7, 11) is 0. The number of phenolic OH excluding ortho intramolecular Hbond substituents is 1. The Labute approximate surface area is 154 Å². The van der Waals surface area contributed by atoms with Crippen molar-refractivity contribution in [1.82, 2.24) is 4.90 Å². The van der Waals surface area contributed by atoms with Gasteiger partial charge in [0.15, 0.2) is 11.5 Å². The minimum atomic E-state index is -0.837. The Morgan fingerprint density at radius 2 is 2.08 bits per heavy atom. The number of rotatable bonds is 2. The maximum absolute atomic E-state index is 12.2. The Balaban J connectivity index is 1.60. The lowest BCUT2D eigenvalue weighted by Crippen LogP contribution is -2.81. The van der Waals surface area contributed by atoms with Crippen LogP contribution >= 0.6 is 0 Å². The monoisotopic (exact) mass is 356 g/mol. The first-order valence-electron chi connectivity index (χ1n) is 10.2. The van der Waals surface area contributed by atoms with Gasteiger partial charge in [0.25, 0.3) is 0 Å². The molecule has 5 nitrogen and oxygen atoms in total. The SMILES string of the molecule is C[C@@]12Oc3c(O)ccc4c3[C@@]13CCN(CC1CC1)[C@@H](C4)[C@]3(O)CC[C@@H]2N. The average molecular weight is 356 g/mol. The molecule has 5 aliphatic rings. The number of aliphatic hydroxyl groups is 1. The van der Waals surface area contributed by atoms with E-state index in [0.29, 0.717) is 12.2 Å². The first-order chi connectivity index (χ1) is 12.4. The smallest absolute Gasteiger partial charge is 0.166 e. The van der Waals surface area contributed by atoms with Crippen LogP contribution in [0.2, 0.25) is 0 Å². The van der Waals surface area contributed by atoms with Crippen molar-refractivity contribution in [2.24, 2.45) is 11.7 Å². The van der Waals surface area contributed by atoms with E-state index in [9.17, 15) is 10.2 Å². The van der Waals surface area contributed by atoms with E-state index in [0.717, 1.165) is 43.8 Å². The molecule has 3 aliphatic carbocycles. The second-order valence-corrected chi connectivity index (χ2v) is 9.54. The fourth-order valence-electron chi connectivity index (χ4n) is 6.97. The number of benzene rings is 1. The van der Waals surface area contributed by atoms with Crippen LogP contribution in [-0.4, -0.2) is 51.5 Å². The molecule has 2 heterocycles. The molecule has 2 bridgehead atoms. The second kappa shape index (κ2) is 4.57. The summed E-state index contributed by atoms with van der Waals surface area (Å²) in [5.41, 5.74) is 6.87. The molecule has 2 saturated carbocycles. The summed E-state index contributed by atoms with van der Waals surface area (Å²) in [6, 6.07) is 3.77. The molecule has 1 saturated heterocycles. The maximum atomic E-state index is 12.2. The highest BCUT2D eigenvalue weighted by Crippen LogP contribution is 2.69. The predicted molar refractivity (Wildman–Crippen MR) is 97.4 cm³/mol. The van der Waals surface area contributed by atoms with Gasteiger partial charge in [0.2, 0.25) is 0 Å². The van der Waals surface area contributed by atoms with Crippen LogP contribution in [-0.2, 0) is 11.8 Å². The summed E-state index contributed by atoms with van der Waals surface area (Å²) in [5.74, 6) is 1.57. The average Bonchev–Trinajstić information content (AvgIpc) is 3.36. The molecule has 3 fully saturated rings. The summed E-state index contributed by atoms with van der Waals surface area (Å²) in [6.45, 7) is 4.15. The fraction of sp³-hybridized carbons (Fsp3) is 0.714. The molecule has 1 spiro atoms. The van der Waals surface area contributed by atoms with E-state index < -0.39 is 16.6 Å². The third-order valence-electron chi connectivity index (χ3n) is 8.46. The van der Waals surface area contributed by atoms with Crippen LogP contribution in [0.1, 0.15) is 50.2 Å². The number of nitrogens with zero attached hydrogens (tertiary/aromatic N) is 1. The molecule has 26 heavy (non-hydrogen) atoms. The van der Waals surface area contributed by atoms with Crippen molar-refractivity contribution in [3.05, 3.63) is 23.3 Å². The largest absolute Gasteiger partial charge is 0.504 e.